The van der Waals surface area contributed by atoms with E-state index in [1.807, 2.05) is 0 Å². The van der Waals surface area contributed by atoms with Crippen LogP contribution in [-0.2, 0) is 14.9 Å². The maximum absolute atomic E-state index is 9.59. The van der Waals surface area contributed by atoms with E-state index < -0.39 is 10.1 Å². The standard InChI is InChI=1S/C4H7NO.C2H4O3S/c1-3-5(2)4-6;1-2-6(3,4)5/h3-4H,1H2,2H3;2H,1H2,(H,3,4,5). The molecule has 1 amide bonds. The Morgan fingerprint density at radius 3 is 1.75 bits per heavy atom. The van der Waals surface area contributed by atoms with Crippen molar-refractivity contribution in [1.29, 1.82) is 0 Å². The van der Waals surface area contributed by atoms with Gasteiger partial charge in [-0.15, -0.1) is 0 Å². The molecule has 0 spiro atoms. The topological polar surface area (TPSA) is 74.7 Å². The summed E-state index contributed by atoms with van der Waals surface area (Å²) in [5.41, 5.74) is 0. The summed E-state index contributed by atoms with van der Waals surface area (Å²) < 4.78 is 26.6. The molecule has 0 aliphatic rings. The van der Waals surface area contributed by atoms with E-state index >= 15 is 0 Å². The number of amides is 1. The van der Waals surface area contributed by atoms with Gasteiger partial charge in [-0.25, -0.2) is 0 Å². The van der Waals surface area contributed by atoms with Crippen LogP contribution in [-0.4, -0.2) is 31.3 Å². The van der Waals surface area contributed by atoms with Crippen molar-refractivity contribution in [3.63, 3.8) is 0 Å². The molecule has 0 aromatic heterocycles. The second-order valence-electron chi connectivity index (χ2n) is 1.64. The number of carbonyl (C=O) groups excluding carboxylic acids is 1. The molecule has 0 rings (SSSR count). The van der Waals surface area contributed by atoms with Gasteiger partial charge in [-0.2, -0.15) is 8.42 Å². The Morgan fingerprint density at radius 2 is 1.75 bits per heavy atom. The first kappa shape index (κ1) is 13.4. The minimum absolute atomic E-state index is 0.465. The lowest BCUT2D eigenvalue weighted by Gasteiger charge is -1.96. The third-order valence-corrected chi connectivity index (χ3v) is 1.09. The van der Waals surface area contributed by atoms with Crippen LogP contribution in [0.1, 0.15) is 0 Å². The van der Waals surface area contributed by atoms with Crippen molar-refractivity contribution < 1.29 is 17.8 Å². The molecule has 0 aliphatic carbocycles. The molecule has 0 fully saturated rings. The summed E-state index contributed by atoms with van der Waals surface area (Å²) in [6, 6.07) is 0. The summed E-state index contributed by atoms with van der Waals surface area (Å²) in [5.74, 6) is 0. The maximum Gasteiger partial charge on any atom is 0.287 e. The van der Waals surface area contributed by atoms with Gasteiger partial charge < -0.3 is 4.90 Å². The number of hydrogen-bond donors (Lipinski definition) is 1. The van der Waals surface area contributed by atoms with E-state index in [4.69, 9.17) is 4.55 Å². The first-order chi connectivity index (χ1) is 5.37. The zero-order valence-corrected chi connectivity index (χ0v) is 7.49. The molecule has 0 aromatic carbocycles. The fourth-order valence-electron chi connectivity index (χ4n) is 0.0430. The summed E-state index contributed by atoms with van der Waals surface area (Å²) in [5, 5.41) is 0.465. The molecule has 0 aliphatic heterocycles. The molecular formula is C6H11NO4S. The van der Waals surface area contributed by atoms with E-state index in [2.05, 4.69) is 13.2 Å². The van der Waals surface area contributed by atoms with Crippen molar-refractivity contribution in [2.24, 2.45) is 0 Å². The van der Waals surface area contributed by atoms with E-state index in [9.17, 15) is 13.2 Å². The second-order valence-corrected chi connectivity index (χ2v) is 3.00. The molecule has 0 unspecified atom stereocenters. The first-order valence-corrected chi connectivity index (χ1v) is 4.27. The summed E-state index contributed by atoms with van der Waals surface area (Å²) in [4.78, 5) is 10.9. The number of carbonyl (C=O) groups is 1. The molecule has 0 atom stereocenters. The highest BCUT2D eigenvalue weighted by Crippen LogP contribution is 1.75. The highest BCUT2D eigenvalue weighted by Gasteiger charge is 1.87. The van der Waals surface area contributed by atoms with Crippen LogP contribution in [0.3, 0.4) is 0 Å². The molecular weight excluding hydrogens is 182 g/mol. The van der Waals surface area contributed by atoms with Crippen LogP contribution < -0.4 is 0 Å². The van der Waals surface area contributed by atoms with Crippen molar-refractivity contribution in [3.8, 4) is 0 Å². The predicted octanol–water partition coefficient (Wildman–Crippen LogP) is 0.236. The summed E-state index contributed by atoms with van der Waals surface area (Å²) in [7, 11) is -2.27. The van der Waals surface area contributed by atoms with E-state index in [0.29, 0.717) is 11.8 Å². The lowest BCUT2D eigenvalue weighted by atomic mass is 10.8. The minimum atomic E-state index is -3.90. The second kappa shape index (κ2) is 6.56. The van der Waals surface area contributed by atoms with Gasteiger partial charge in [0.15, 0.2) is 0 Å². The molecule has 12 heavy (non-hydrogen) atoms. The lowest BCUT2D eigenvalue weighted by Crippen LogP contribution is -2.04. The average molecular weight is 193 g/mol. The highest BCUT2D eigenvalue weighted by atomic mass is 32.2. The smallest absolute Gasteiger partial charge is 0.287 e. The van der Waals surface area contributed by atoms with Crippen LogP contribution in [0.5, 0.6) is 0 Å². The van der Waals surface area contributed by atoms with Crippen molar-refractivity contribution in [1.82, 2.24) is 4.90 Å². The third kappa shape index (κ3) is 15.9. The van der Waals surface area contributed by atoms with Crippen LogP contribution >= 0.6 is 0 Å². The fraction of sp³-hybridized carbons (Fsp3) is 0.167. The van der Waals surface area contributed by atoms with Crippen molar-refractivity contribution in [3.05, 3.63) is 24.8 Å². The van der Waals surface area contributed by atoms with Gasteiger partial charge in [-0.05, 0) is 6.20 Å². The Bertz CT molecular complexity index is 225. The molecule has 6 heteroatoms. The van der Waals surface area contributed by atoms with E-state index in [0.717, 1.165) is 0 Å². The largest absolute Gasteiger partial charge is 0.325 e. The SMILES string of the molecule is C=CN(C)C=O.C=CS(=O)(=O)O. The third-order valence-electron chi connectivity index (χ3n) is 0.665. The van der Waals surface area contributed by atoms with Crippen LogP contribution in [0.25, 0.3) is 0 Å². The predicted molar refractivity (Wildman–Crippen MR) is 45.8 cm³/mol. The molecule has 0 bridgehead atoms. The summed E-state index contributed by atoms with van der Waals surface area (Å²) >= 11 is 0. The zero-order valence-electron chi connectivity index (χ0n) is 6.67. The summed E-state index contributed by atoms with van der Waals surface area (Å²) in [6.45, 7) is 6.12. The Morgan fingerprint density at radius 1 is 1.42 bits per heavy atom. The van der Waals surface area contributed by atoms with Gasteiger partial charge in [0.1, 0.15) is 0 Å². The Hall–Kier alpha value is -1.14. The van der Waals surface area contributed by atoms with Crippen LogP contribution in [0, 0.1) is 0 Å². The monoisotopic (exact) mass is 193 g/mol. The van der Waals surface area contributed by atoms with Crippen molar-refractivity contribution in [2.75, 3.05) is 7.05 Å². The average Bonchev–Trinajstić information content (AvgIpc) is 2.03. The van der Waals surface area contributed by atoms with Crippen LogP contribution in [0.2, 0.25) is 0 Å². The van der Waals surface area contributed by atoms with Gasteiger partial charge in [0.25, 0.3) is 10.1 Å². The molecule has 5 nitrogen and oxygen atoms in total. The number of hydrogen-bond acceptors (Lipinski definition) is 3. The number of nitrogens with zero attached hydrogens (tertiary/aromatic N) is 1. The van der Waals surface area contributed by atoms with E-state index in [-0.39, 0.29) is 0 Å². The fourth-order valence-corrected chi connectivity index (χ4v) is 0.0430. The molecule has 0 aromatic rings. The van der Waals surface area contributed by atoms with Crippen molar-refractivity contribution in [2.45, 2.75) is 0 Å². The van der Waals surface area contributed by atoms with E-state index in [1.54, 1.807) is 7.05 Å². The van der Waals surface area contributed by atoms with Gasteiger partial charge in [0.2, 0.25) is 6.41 Å². The molecule has 0 saturated heterocycles. The minimum Gasteiger partial charge on any atom is -0.325 e. The van der Waals surface area contributed by atoms with Crippen LogP contribution in [0.4, 0.5) is 0 Å². The van der Waals surface area contributed by atoms with Gasteiger partial charge in [-0.3, -0.25) is 9.35 Å². The molecule has 0 heterocycles. The molecule has 1 N–H and O–H groups in total. The quantitative estimate of drug-likeness (QED) is 0.514. The van der Waals surface area contributed by atoms with Gasteiger partial charge in [0, 0.05) is 7.05 Å². The Kier molecular flexibility index (Phi) is 7.36. The summed E-state index contributed by atoms with van der Waals surface area (Å²) in [6.07, 6.45) is 2.12. The normalized spacial score (nSPS) is 8.83. The number of rotatable bonds is 3. The maximum atomic E-state index is 9.59. The lowest BCUT2D eigenvalue weighted by molar-refractivity contribution is -0.114. The Labute approximate surface area is 71.7 Å². The van der Waals surface area contributed by atoms with Gasteiger partial charge in [-0.1, -0.05) is 13.2 Å². The van der Waals surface area contributed by atoms with Crippen molar-refractivity contribution >= 4 is 16.5 Å². The molecule has 70 valence electrons. The molecule has 0 saturated carbocycles. The van der Waals surface area contributed by atoms with Gasteiger partial charge in [0.05, 0.1) is 5.41 Å². The highest BCUT2D eigenvalue weighted by molar-refractivity contribution is 7.88. The van der Waals surface area contributed by atoms with Crippen LogP contribution in [0.15, 0.2) is 24.8 Å². The van der Waals surface area contributed by atoms with E-state index in [1.165, 1.54) is 11.1 Å². The first-order valence-electron chi connectivity index (χ1n) is 2.77. The Balaban J connectivity index is 0. The van der Waals surface area contributed by atoms with Gasteiger partial charge >= 0.3 is 0 Å². The zero-order chi connectivity index (χ0) is 10.2. The molecule has 0 radical (unpaired) electrons.